The molecule has 0 fully saturated rings. The molecule has 0 unspecified atom stereocenters. The highest BCUT2D eigenvalue weighted by atomic mass is 16.5. The molecule has 0 aromatic heterocycles. The van der Waals surface area contributed by atoms with Gasteiger partial charge in [-0.15, -0.1) is 0 Å². The molecule has 112 valence electrons. The molecular weight excluding hydrogens is 276 g/mol. The predicted molar refractivity (Wildman–Crippen MR) is 85.5 cm³/mol. The van der Waals surface area contributed by atoms with E-state index in [4.69, 9.17) is 15.2 Å². The van der Waals surface area contributed by atoms with Crippen LogP contribution >= 0.6 is 0 Å². The molecule has 0 aliphatic carbocycles. The Labute approximate surface area is 130 Å². The van der Waals surface area contributed by atoms with Gasteiger partial charge in [0.25, 0.3) is 0 Å². The van der Waals surface area contributed by atoms with Gasteiger partial charge in [0.05, 0.1) is 6.61 Å². The highest BCUT2D eigenvalue weighted by Crippen LogP contribution is 2.20. The topological polar surface area (TPSA) is 65.6 Å². The lowest BCUT2D eigenvalue weighted by Crippen LogP contribution is -2.08. The van der Waals surface area contributed by atoms with Gasteiger partial charge in [0.1, 0.15) is 11.8 Å². The van der Waals surface area contributed by atoms with Gasteiger partial charge in [-0.1, -0.05) is 41.6 Å². The minimum absolute atomic E-state index is 0.0161. The summed E-state index contributed by atoms with van der Waals surface area (Å²) in [7, 11) is 0. The number of nitriles is 1. The van der Waals surface area contributed by atoms with E-state index < -0.39 is 0 Å². The van der Waals surface area contributed by atoms with Crippen LogP contribution in [0.1, 0.15) is 22.3 Å². The van der Waals surface area contributed by atoms with Crippen LogP contribution in [0.4, 0.5) is 0 Å². The zero-order valence-corrected chi connectivity index (χ0v) is 12.7. The van der Waals surface area contributed by atoms with Crippen molar-refractivity contribution in [3.8, 4) is 11.8 Å². The molecule has 2 aromatic rings. The Morgan fingerprint density at radius 2 is 2.00 bits per heavy atom. The van der Waals surface area contributed by atoms with Crippen molar-refractivity contribution in [3.63, 3.8) is 0 Å². The van der Waals surface area contributed by atoms with Crippen LogP contribution in [0, 0.1) is 25.2 Å². The molecule has 0 bridgehead atoms. The Bertz CT molecular complexity index is 730. The third kappa shape index (κ3) is 3.64. The van der Waals surface area contributed by atoms with Crippen molar-refractivity contribution in [2.75, 3.05) is 6.61 Å². The number of rotatable bonds is 5. The van der Waals surface area contributed by atoms with Gasteiger partial charge < -0.3 is 9.94 Å². The van der Waals surface area contributed by atoms with Gasteiger partial charge in [-0.05, 0) is 36.6 Å². The first kappa shape index (κ1) is 15.6. The van der Waals surface area contributed by atoms with Gasteiger partial charge in [-0.25, -0.2) is 0 Å². The number of benzene rings is 2. The van der Waals surface area contributed by atoms with Crippen molar-refractivity contribution in [1.82, 2.24) is 0 Å². The highest BCUT2D eigenvalue weighted by Gasteiger charge is 2.09. The average Bonchev–Trinajstić information content (AvgIpc) is 2.53. The highest BCUT2D eigenvalue weighted by molar-refractivity contribution is 6.12. The third-order valence-electron chi connectivity index (χ3n) is 3.45. The molecule has 0 aliphatic heterocycles. The fourth-order valence-corrected chi connectivity index (χ4v) is 2.24. The van der Waals surface area contributed by atoms with Crippen LogP contribution in [0.3, 0.4) is 0 Å². The van der Waals surface area contributed by atoms with Gasteiger partial charge in [0.2, 0.25) is 0 Å². The van der Waals surface area contributed by atoms with E-state index in [2.05, 4.69) is 11.2 Å². The molecular formula is C18H18N2O2. The molecule has 0 saturated heterocycles. The summed E-state index contributed by atoms with van der Waals surface area (Å²) in [5, 5.41) is 21.0. The van der Waals surface area contributed by atoms with Gasteiger partial charge in [-0.3, -0.25) is 0 Å². The molecule has 4 nitrogen and oxygen atoms in total. The first-order chi connectivity index (χ1) is 10.7. The lowest BCUT2D eigenvalue weighted by molar-refractivity contribution is 0.317. The van der Waals surface area contributed by atoms with E-state index in [1.807, 2.05) is 50.2 Å². The van der Waals surface area contributed by atoms with Gasteiger partial charge in [0, 0.05) is 12.0 Å². The monoisotopic (exact) mass is 294 g/mol. The van der Waals surface area contributed by atoms with E-state index in [1.54, 1.807) is 6.07 Å². The largest absolute Gasteiger partial charge is 0.493 e. The van der Waals surface area contributed by atoms with E-state index in [0.29, 0.717) is 18.6 Å². The zero-order valence-electron chi connectivity index (χ0n) is 12.7. The molecule has 0 heterocycles. The number of ether oxygens (including phenoxy) is 1. The molecule has 1 N–H and O–H groups in total. The first-order valence-corrected chi connectivity index (χ1v) is 7.06. The fraction of sp³-hybridized carbons (Fsp3) is 0.222. The molecule has 2 aromatic carbocycles. The maximum Gasteiger partial charge on any atom is 0.186 e. The van der Waals surface area contributed by atoms with Crippen molar-refractivity contribution >= 4 is 5.71 Å². The van der Waals surface area contributed by atoms with Crippen LogP contribution < -0.4 is 4.74 Å². The van der Waals surface area contributed by atoms with Gasteiger partial charge in [0.15, 0.2) is 5.71 Å². The summed E-state index contributed by atoms with van der Waals surface area (Å²) >= 11 is 0. The minimum Gasteiger partial charge on any atom is -0.493 e. The Morgan fingerprint density at radius 1 is 1.23 bits per heavy atom. The van der Waals surface area contributed by atoms with Crippen molar-refractivity contribution in [1.29, 1.82) is 5.26 Å². The number of hydrogen-bond acceptors (Lipinski definition) is 4. The van der Waals surface area contributed by atoms with Gasteiger partial charge in [-0.2, -0.15) is 5.26 Å². The summed E-state index contributed by atoms with van der Waals surface area (Å²) < 4.78 is 5.84. The Hall–Kier alpha value is -2.80. The maximum atomic E-state index is 9.00. The standard InChI is InChI=1S/C18H18N2O2/c1-13-7-8-14(2)18(11-13)22-10-9-15-5-3-4-6-16(15)17(12-19)20-21/h3-8,11,21H,9-10H2,1-2H3. The van der Waals surface area contributed by atoms with Crippen molar-refractivity contribution < 1.29 is 9.94 Å². The van der Waals surface area contributed by atoms with E-state index in [0.717, 1.165) is 22.4 Å². The SMILES string of the molecule is Cc1ccc(C)c(OCCc2ccccc2C(C#N)=NO)c1. The molecule has 22 heavy (non-hydrogen) atoms. The maximum absolute atomic E-state index is 9.00. The van der Waals surface area contributed by atoms with Crippen molar-refractivity contribution in [2.24, 2.45) is 5.16 Å². The fourth-order valence-electron chi connectivity index (χ4n) is 2.24. The number of hydrogen-bond donors (Lipinski definition) is 1. The average molecular weight is 294 g/mol. The number of nitrogens with zero attached hydrogens (tertiary/aromatic N) is 2. The summed E-state index contributed by atoms with van der Waals surface area (Å²) in [5.74, 6) is 0.869. The second-order valence-corrected chi connectivity index (χ2v) is 5.08. The van der Waals surface area contributed by atoms with Crippen LogP contribution in [0.15, 0.2) is 47.6 Å². The summed E-state index contributed by atoms with van der Waals surface area (Å²) in [5.41, 5.74) is 3.82. The molecule has 2 rings (SSSR count). The second-order valence-electron chi connectivity index (χ2n) is 5.08. The summed E-state index contributed by atoms with van der Waals surface area (Å²) in [6.07, 6.45) is 0.629. The lowest BCUT2D eigenvalue weighted by Gasteiger charge is -2.11. The zero-order chi connectivity index (χ0) is 15.9. The minimum atomic E-state index is 0.0161. The smallest absolute Gasteiger partial charge is 0.186 e. The van der Waals surface area contributed by atoms with Gasteiger partial charge >= 0.3 is 0 Å². The summed E-state index contributed by atoms with van der Waals surface area (Å²) in [4.78, 5) is 0. The van der Waals surface area contributed by atoms with Crippen molar-refractivity contribution in [2.45, 2.75) is 20.3 Å². The molecule has 0 radical (unpaired) electrons. The van der Waals surface area contributed by atoms with Crippen LogP contribution in [0.25, 0.3) is 0 Å². The molecule has 0 spiro atoms. The molecule has 0 amide bonds. The normalized spacial score (nSPS) is 11.0. The van der Waals surface area contributed by atoms with E-state index in [9.17, 15) is 0 Å². The molecule has 0 aliphatic rings. The summed E-state index contributed by atoms with van der Waals surface area (Å²) in [6, 6.07) is 15.4. The van der Waals surface area contributed by atoms with Crippen LogP contribution in [-0.4, -0.2) is 17.5 Å². The van der Waals surface area contributed by atoms with E-state index in [1.165, 1.54) is 0 Å². The van der Waals surface area contributed by atoms with Crippen LogP contribution in [0.5, 0.6) is 5.75 Å². The van der Waals surface area contributed by atoms with Crippen LogP contribution in [-0.2, 0) is 6.42 Å². The van der Waals surface area contributed by atoms with Crippen molar-refractivity contribution in [3.05, 3.63) is 64.7 Å². The second kappa shape index (κ2) is 7.28. The third-order valence-corrected chi connectivity index (χ3v) is 3.45. The number of oxime groups is 1. The van der Waals surface area contributed by atoms with E-state index >= 15 is 0 Å². The Morgan fingerprint density at radius 3 is 2.73 bits per heavy atom. The van der Waals surface area contributed by atoms with E-state index in [-0.39, 0.29) is 5.71 Å². The Balaban J connectivity index is 2.10. The molecule has 4 heteroatoms. The summed E-state index contributed by atoms with van der Waals surface area (Å²) in [6.45, 7) is 4.53. The number of aryl methyl sites for hydroxylation is 2. The lowest BCUT2D eigenvalue weighted by atomic mass is 10.0. The first-order valence-electron chi connectivity index (χ1n) is 7.06. The quantitative estimate of drug-likeness (QED) is 0.520. The molecule has 0 saturated carbocycles. The Kier molecular flexibility index (Phi) is 5.16. The molecule has 0 atom stereocenters. The van der Waals surface area contributed by atoms with Crippen LogP contribution in [0.2, 0.25) is 0 Å². The predicted octanol–water partition coefficient (Wildman–Crippen LogP) is 3.63.